The second-order valence-electron chi connectivity index (χ2n) is 5.57. The molecule has 0 saturated carbocycles. The van der Waals surface area contributed by atoms with Crippen molar-refractivity contribution in [3.05, 3.63) is 47.8 Å². The molecule has 0 radical (unpaired) electrons. The lowest BCUT2D eigenvalue weighted by Gasteiger charge is -2.31. The summed E-state index contributed by atoms with van der Waals surface area (Å²) in [7, 11) is 2.07. The Morgan fingerprint density at radius 2 is 1.91 bits per heavy atom. The van der Waals surface area contributed by atoms with Gasteiger partial charge in [-0.2, -0.15) is 5.10 Å². The zero-order chi connectivity index (χ0) is 15.5. The number of nitrogens with zero attached hydrogens (tertiary/aromatic N) is 4. The van der Waals surface area contributed by atoms with E-state index in [-0.39, 0.29) is 5.91 Å². The second kappa shape index (κ2) is 6.29. The number of carbonyl (C=O) groups excluding carboxylic acids is 1. The zero-order valence-electron chi connectivity index (χ0n) is 12.8. The normalized spacial score (nSPS) is 16.0. The number of para-hydroxylation sites is 1. The molecule has 0 bridgehead atoms. The van der Waals surface area contributed by atoms with Crippen LogP contribution in [0.2, 0.25) is 0 Å². The molecule has 116 valence electrons. The molecular weight excluding hydrogens is 278 g/mol. The molecule has 1 aliphatic rings. The molecule has 1 aromatic heterocycles. The summed E-state index contributed by atoms with van der Waals surface area (Å²) in [5.41, 5.74) is 8.17. The van der Waals surface area contributed by atoms with Gasteiger partial charge in [-0.1, -0.05) is 18.2 Å². The Morgan fingerprint density at radius 1 is 1.18 bits per heavy atom. The highest BCUT2D eigenvalue weighted by Crippen LogP contribution is 2.14. The minimum atomic E-state index is -0.00270. The Kier molecular flexibility index (Phi) is 4.22. The first-order chi connectivity index (χ1) is 10.7. The number of benzene rings is 1. The fraction of sp³-hybridized carbons (Fsp3) is 0.375. The Bertz CT molecular complexity index is 658. The van der Waals surface area contributed by atoms with Crippen LogP contribution in [0.5, 0.6) is 0 Å². The molecular formula is C16H21N5O. The summed E-state index contributed by atoms with van der Waals surface area (Å²) in [6.07, 6.45) is 1.82. The number of rotatable bonds is 3. The summed E-state index contributed by atoms with van der Waals surface area (Å²) in [5.74, 6) is -0.00270. The summed E-state index contributed by atoms with van der Waals surface area (Å²) in [6, 6.07) is 9.59. The molecule has 2 N–H and O–H groups in total. The molecule has 0 spiro atoms. The van der Waals surface area contributed by atoms with Crippen molar-refractivity contribution in [1.82, 2.24) is 19.6 Å². The van der Waals surface area contributed by atoms with Crippen molar-refractivity contribution < 1.29 is 4.79 Å². The van der Waals surface area contributed by atoms with Gasteiger partial charge < -0.3 is 15.5 Å². The monoisotopic (exact) mass is 299 g/mol. The third-order valence-electron chi connectivity index (χ3n) is 4.06. The topological polar surface area (TPSA) is 67.4 Å². The average molecular weight is 299 g/mol. The van der Waals surface area contributed by atoms with E-state index in [4.69, 9.17) is 5.73 Å². The Balaban J connectivity index is 1.80. The summed E-state index contributed by atoms with van der Waals surface area (Å²) < 4.78 is 1.73. The molecule has 1 aliphatic heterocycles. The van der Waals surface area contributed by atoms with E-state index in [0.29, 0.717) is 12.2 Å². The van der Waals surface area contributed by atoms with Crippen LogP contribution in [0.3, 0.4) is 0 Å². The van der Waals surface area contributed by atoms with Gasteiger partial charge in [0.1, 0.15) is 0 Å². The van der Waals surface area contributed by atoms with Gasteiger partial charge in [0.25, 0.3) is 5.91 Å². The van der Waals surface area contributed by atoms with Crippen LogP contribution in [0.1, 0.15) is 16.1 Å². The van der Waals surface area contributed by atoms with Crippen molar-refractivity contribution in [3.8, 4) is 5.69 Å². The van der Waals surface area contributed by atoms with Crippen LogP contribution in [0.25, 0.3) is 5.69 Å². The van der Waals surface area contributed by atoms with Crippen LogP contribution in [0, 0.1) is 0 Å². The first-order valence-corrected chi connectivity index (χ1v) is 7.51. The Labute approximate surface area is 130 Å². The van der Waals surface area contributed by atoms with Gasteiger partial charge in [-0.15, -0.1) is 0 Å². The number of likely N-dealkylation sites (N-methyl/N-ethyl adjacent to an activating group) is 1. The highest BCUT2D eigenvalue weighted by Gasteiger charge is 2.22. The van der Waals surface area contributed by atoms with E-state index < -0.39 is 0 Å². The molecule has 2 heterocycles. The van der Waals surface area contributed by atoms with Crippen LogP contribution in [0.4, 0.5) is 0 Å². The van der Waals surface area contributed by atoms with Crippen LogP contribution in [-0.2, 0) is 6.54 Å². The highest BCUT2D eigenvalue weighted by molar-refractivity contribution is 5.92. The molecule has 1 saturated heterocycles. The van der Waals surface area contributed by atoms with E-state index in [1.54, 1.807) is 10.7 Å². The molecule has 1 fully saturated rings. The van der Waals surface area contributed by atoms with Crippen molar-refractivity contribution in [3.63, 3.8) is 0 Å². The number of hydrogen-bond donors (Lipinski definition) is 1. The fourth-order valence-corrected chi connectivity index (χ4v) is 2.65. The van der Waals surface area contributed by atoms with Gasteiger partial charge in [-0.3, -0.25) is 4.79 Å². The number of aromatic nitrogens is 2. The molecule has 6 nitrogen and oxygen atoms in total. The Morgan fingerprint density at radius 3 is 2.64 bits per heavy atom. The van der Waals surface area contributed by atoms with Crippen LogP contribution in [0.15, 0.2) is 36.5 Å². The van der Waals surface area contributed by atoms with Gasteiger partial charge in [0.05, 0.1) is 5.69 Å². The molecule has 2 aromatic rings. The van der Waals surface area contributed by atoms with E-state index in [0.717, 1.165) is 37.4 Å². The van der Waals surface area contributed by atoms with Crippen LogP contribution < -0.4 is 5.73 Å². The molecule has 22 heavy (non-hydrogen) atoms. The minimum absolute atomic E-state index is 0.00270. The first kappa shape index (κ1) is 14.7. The molecule has 0 atom stereocenters. The zero-order valence-corrected chi connectivity index (χ0v) is 12.8. The number of amides is 1. The number of hydrogen-bond acceptors (Lipinski definition) is 4. The third kappa shape index (κ3) is 2.88. The minimum Gasteiger partial charge on any atom is -0.335 e. The predicted molar refractivity (Wildman–Crippen MR) is 84.9 cm³/mol. The van der Waals surface area contributed by atoms with Gasteiger partial charge in [0, 0.05) is 38.9 Å². The van der Waals surface area contributed by atoms with Gasteiger partial charge in [-0.05, 0) is 24.7 Å². The molecule has 3 rings (SSSR count). The Hall–Kier alpha value is -2.18. The summed E-state index contributed by atoms with van der Waals surface area (Å²) >= 11 is 0. The molecule has 0 aliphatic carbocycles. The second-order valence-corrected chi connectivity index (χ2v) is 5.57. The summed E-state index contributed by atoms with van der Waals surface area (Å²) in [6.45, 7) is 3.76. The lowest BCUT2D eigenvalue weighted by atomic mass is 10.2. The van der Waals surface area contributed by atoms with Crippen molar-refractivity contribution in [1.29, 1.82) is 0 Å². The van der Waals surface area contributed by atoms with Gasteiger partial charge in [-0.25, -0.2) is 4.68 Å². The highest BCUT2D eigenvalue weighted by atomic mass is 16.2. The van der Waals surface area contributed by atoms with E-state index in [9.17, 15) is 4.79 Å². The van der Waals surface area contributed by atoms with Crippen molar-refractivity contribution >= 4 is 5.91 Å². The van der Waals surface area contributed by atoms with Gasteiger partial charge in [0.2, 0.25) is 0 Å². The van der Waals surface area contributed by atoms with E-state index in [1.165, 1.54) is 0 Å². The largest absolute Gasteiger partial charge is 0.335 e. The first-order valence-electron chi connectivity index (χ1n) is 7.51. The average Bonchev–Trinajstić information content (AvgIpc) is 3.04. The van der Waals surface area contributed by atoms with Gasteiger partial charge in [0.15, 0.2) is 5.69 Å². The van der Waals surface area contributed by atoms with E-state index in [2.05, 4.69) is 17.0 Å². The summed E-state index contributed by atoms with van der Waals surface area (Å²) in [5, 5.41) is 4.44. The van der Waals surface area contributed by atoms with Gasteiger partial charge >= 0.3 is 0 Å². The van der Waals surface area contributed by atoms with Crippen molar-refractivity contribution in [2.75, 3.05) is 33.2 Å². The maximum Gasteiger partial charge on any atom is 0.274 e. The lowest BCUT2D eigenvalue weighted by molar-refractivity contribution is 0.0657. The lowest BCUT2D eigenvalue weighted by Crippen LogP contribution is -2.47. The molecule has 1 amide bonds. The molecule has 6 heteroatoms. The summed E-state index contributed by atoms with van der Waals surface area (Å²) in [4.78, 5) is 16.6. The van der Waals surface area contributed by atoms with Crippen molar-refractivity contribution in [2.45, 2.75) is 6.54 Å². The quantitative estimate of drug-likeness (QED) is 0.907. The third-order valence-corrected chi connectivity index (χ3v) is 4.06. The van der Waals surface area contributed by atoms with Crippen molar-refractivity contribution in [2.24, 2.45) is 5.73 Å². The van der Waals surface area contributed by atoms with Crippen LogP contribution in [-0.4, -0.2) is 58.7 Å². The smallest absolute Gasteiger partial charge is 0.274 e. The maximum atomic E-state index is 12.5. The van der Waals surface area contributed by atoms with E-state index in [1.807, 2.05) is 35.4 Å². The van der Waals surface area contributed by atoms with E-state index >= 15 is 0 Å². The number of piperazine rings is 1. The molecule has 0 unspecified atom stereocenters. The SMILES string of the molecule is CN1CCN(C(=O)c2ccn(-c3ccccc3CN)n2)CC1. The fourth-order valence-electron chi connectivity index (χ4n) is 2.65. The standard InChI is InChI=1S/C16H21N5O/c1-19-8-10-20(11-9-19)16(22)14-6-7-21(18-14)15-5-3-2-4-13(15)12-17/h2-7H,8-12,17H2,1H3. The predicted octanol–water partition coefficient (Wildman–Crippen LogP) is 0.719. The molecule has 1 aromatic carbocycles. The maximum absolute atomic E-state index is 12.5. The van der Waals surface area contributed by atoms with Crippen LogP contribution >= 0.6 is 0 Å². The number of nitrogens with two attached hydrogens (primary N) is 1. The number of carbonyl (C=O) groups is 1.